The molecule has 0 spiro atoms. The summed E-state index contributed by atoms with van der Waals surface area (Å²) in [5, 5.41) is 0. The van der Waals surface area contributed by atoms with E-state index < -0.39 is 0 Å². The van der Waals surface area contributed by atoms with Gasteiger partial charge in [0.05, 0.1) is 0 Å². The second-order valence-corrected chi connectivity index (χ2v) is 3.04. The Labute approximate surface area is 79.4 Å². The van der Waals surface area contributed by atoms with Crippen LogP contribution in [0.1, 0.15) is 11.1 Å². The minimum absolute atomic E-state index is 1.29. The van der Waals surface area contributed by atoms with Crippen molar-refractivity contribution in [2.24, 2.45) is 0 Å². The molecule has 0 fully saturated rings. The van der Waals surface area contributed by atoms with Gasteiger partial charge in [0.2, 0.25) is 0 Å². The summed E-state index contributed by atoms with van der Waals surface area (Å²) >= 11 is 0. The van der Waals surface area contributed by atoms with Crippen molar-refractivity contribution in [3.63, 3.8) is 0 Å². The van der Waals surface area contributed by atoms with E-state index in [9.17, 15) is 0 Å². The second-order valence-electron chi connectivity index (χ2n) is 3.04. The molecule has 0 amide bonds. The number of hydrogen-bond acceptors (Lipinski definition) is 0. The minimum atomic E-state index is 1.29. The molecule has 0 atom stereocenters. The van der Waals surface area contributed by atoms with Gasteiger partial charge in [-0.3, -0.25) is 0 Å². The van der Waals surface area contributed by atoms with Gasteiger partial charge in [-0.15, -0.1) is 0 Å². The van der Waals surface area contributed by atoms with E-state index in [1.165, 1.54) is 11.1 Å². The van der Waals surface area contributed by atoms with Crippen molar-refractivity contribution < 1.29 is 0 Å². The number of rotatable bonds is 0. The number of aromatic amines is 1. The first-order chi connectivity index (χ1) is 6.29. The summed E-state index contributed by atoms with van der Waals surface area (Å²) in [6.07, 6.45) is 3.87. The summed E-state index contributed by atoms with van der Waals surface area (Å²) in [6.45, 7) is 4.14. The highest BCUT2D eigenvalue weighted by molar-refractivity contribution is 5.11. The monoisotopic (exact) mass is 173 g/mol. The van der Waals surface area contributed by atoms with Gasteiger partial charge in [0.1, 0.15) is 0 Å². The molecule has 0 aliphatic heterocycles. The second kappa shape index (κ2) is 5.20. The van der Waals surface area contributed by atoms with Gasteiger partial charge in [-0.1, -0.05) is 35.9 Å². The smallest absolute Gasteiger partial charge is 0.00345 e. The molecule has 68 valence electrons. The van der Waals surface area contributed by atoms with Gasteiger partial charge in [-0.05, 0) is 25.5 Å². The van der Waals surface area contributed by atoms with Crippen LogP contribution in [0.2, 0.25) is 0 Å². The molecule has 0 saturated carbocycles. The first-order valence-corrected chi connectivity index (χ1v) is 4.40. The molecule has 0 aliphatic carbocycles. The van der Waals surface area contributed by atoms with Crippen molar-refractivity contribution in [2.75, 3.05) is 0 Å². The Kier molecular flexibility index (Phi) is 3.83. The maximum Gasteiger partial charge on any atom is 0.00345 e. The molecule has 0 aliphatic rings. The van der Waals surface area contributed by atoms with E-state index in [-0.39, 0.29) is 0 Å². The Morgan fingerprint density at radius 3 is 1.77 bits per heavy atom. The highest BCUT2D eigenvalue weighted by Crippen LogP contribution is 1.92. The Morgan fingerprint density at radius 1 is 0.846 bits per heavy atom. The summed E-state index contributed by atoms with van der Waals surface area (Å²) in [5.74, 6) is 0. The lowest BCUT2D eigenvalue weighted by molar-refractivity contribution is 1.39. The van der Waals surface area contributed by atoms with Gasteiger partial charge in [0, 0.05) is 12.4 Å². The summed E-state index contributed by atoms with van der Waals surface area (Å²) in [5.41, 5.74) is 2.61. The van der Waals surface area contributed by atoms with Crippen LogP contribution >= 0.6 is 0 Å². The van der Waals surface area contributed by atoms with Crippen LogP contribution in [0.15, 0.2) is 48.8 Å². The third-order valence-electron chi connectivity index (χ3n) is 1.69. The van der Waals surface area contributed by atoms with E-state index in [0.717, 1.165) is 0 Å². The third kappa shape index (κ3) is 4.16. The Hall–Kier alpha value is -1.50. The van der Waals surface area contributed by atoms with Gasteiger partial charge >= 0.3 is 0 Å². The van der Waals surface area contributed by atoms with Crippen molar-refractivity contribution in [2.45, 2.75) is 13.8 Å². The third-order valence-corrected chi connectivity index (χ3v) is 1.69. The summed E-state index contributed by atoms with van der Waals surface area (Å²) in [4.78, 5) is 2.93. The zero-order valence-electron chi connectivity index (χ0n) is 8.12. The van der Waals surface area contributed by atoms with Crippen molar-refractivity contribution in [1.82, 2.24) is 4.98 Å². The van der Waals surface area contributed by atoms with Gasteiger partial charge in [-0.25, -0.2) is 0 Å². The maximum atomic E-state index is 2.93. The average Bonchev–Trinajstić information content (AvgIpc) is 2.58. The molecule has 0 bridgehead atoms. The Bertz CT molecular complexity index is 308. The lowest BCUT2D eigenvalue weighted by Crippen LogP contribution is -1.62. The molecule has 2 aromatic rings. The average molecular weight is 173 g/mol. The van der Waals surface area contributed by atoms with Crippen LogP contribution in [0, 0.1) is 13.8 Å². The topological polar surface area (TPSA) is 15.8 Å². The zero-order chi connectivity index (χ0) is 9.52. The van der Waals surface area contributed by atoms with E-state index >= 15 is 0 Å². The minimum Gasteiger partial charge on any atom is -0.367 e. The molecule has 13 heavy (non-hydrogen) atoms. The Balaban J connectivity index is 0.000000132. The van der Waals surface area contributed by atoms with Crippen LogP contribution in [-0.2, 0) is 0 Å². The molecule has 0 radical (unpaired) electrons. The standard InChI is InChI=1S/C7H8.C5H7N/c1-7-5-3-2-4-6-7;1-5-2-3-6-4-5/h2-6H,1H3;2-4,6H,1H3. The largest absolute Gasteiger partial charge is 0.367 e. The molecule has 0 unspecified atom stereocenters. The number of nitrogens with one attached hydrogen (secondary N) is 1. The molecule has 1 aromatic heterocycles. The lowest BCUT2D eigenvalue weighted by Gasteiger charge is -1.82. The van der Waals surface area contributed by atoms with E-state index in [2.05, 4.69) is 31.0 Å². The molecule has 1 N–H and O–H groups in total. The first-order valence-electron chi connectivity index (χ1n) is 4.40. The van der Waals surface area contributed by atoms with E-state index in [1.54, 1.807) is 0 Å². The highest BCUT2D eigenvalue weighted by atomic mass is 14.6. The number of aryl methyl sites for hydroxylation is 2. The van der Waals surface area contributed by atoms with Crippen LogP contribution in [0.4, 0.5) is 0 Å². The summed E-state index contributed by atoms with van der Waals surface area (Å²) < 4.78 is 0. The van der Waals surface area contributed by atoms with Gasteiger partial charge < -0.3 is 4.98 Å². The molecule has 1 heterocycles. The van der Waals surface area contributed by atoms with Crippen molar-refractivity contribution in [1.29, 1.82) is 0 Å². The molecule has 2 rings (SSSR count). The van der Waals surface area contributed by atoms with Crippen LogP contribution in [0.25, 0.3) is 0 Å². The van der Waals surface area contributed by atoms with Crippen molar-refractivity contribution in [3.8, 4) is 0 Å². The normalized spacial score (nSPS) is 8.77. The number of hydrogen-bond donors (Lipinski definition) is 1. The molecule has 0 saturated heterocycles. The van der Waals surface area contributed by atoms with E-state index in [4.69, 9.17) is 0 Å². The number of aromatic nitrogens is 1. The predicted octanol–water partition coefficient (Wildman–Crippen LogP) is 3.32. The fourth-order valence-corrected chi connectivity index (χ4v) is 0.942. The van der Waals surface area contributed by atoms with Gasteiger partial charge in [-0.2, -0.15) is 0 Å². The molecular weight excluding hydrogens is 158 g/mol. The Morgan fingerprint density at radius 2 is 1.54 bits per heavy atom. The number of H-pyrrole nitrogens is 1. The van der Waals surface area contributed by atoms with Crippen LogP contribution in [0.3, 0.4) is 0 Å². The van der Waals surface area contributed by atoms with E-state index in [1.807, 2.05) is 36.7 Å². The quantitative estimate of drug-likeness (QED) is 0.629. The fraction of sp³-hybridized carbons (Fsp3) is 0.167. The van der Waals surface area contributed by atoms with Crippen LogP contribution < -0.4 is 0 Å². The summed E-state index contributed by atoms with van der Waals surface area (Å²) in [6, 6.07) is 12.3. The molecular formula is C12H15N. The number of benzene rings is 1. The lowest BCUT2D eigenvalue weighted by atomic mass is 10.2. The van der Waals surface area contributed by atoms with E-state index in [0.29, 0.717) is 0 Å². The molecule has 1 heteroatoms. The van der Waals surface area contributed by atoms with Crippen molar-refractivity contribution >= 4 is 0 Å². The fourth-order valence-electron chi connectivity index (χ4n) is 0.942. The molecule has 1 aromatic carbocycles. The SMILES string of the molecule is Cc1cc[nH]c1.Cc1ccccc1. The van der Waals surface area contributed by atoms with Crippen LogP contribution in [0.5, 0.6) is 0 Å². The van der Waals surface area contributed by atoms with Crippen LogP contribution in [-0.4, -0.2) is 4.98 Å². The van der Waals surface area contributed by atoms with Gasteiger partial charge in [0.25, 0.3) is 0 Å². The maximum absolute atomic E-state index is 2.93. The predicted molar refractivity (Wildman–Crippen MR) is 56.7 cm³/mol. The van der Waals surface area contributed by atoms with Gasteiger partial charge in [0.15, 0.2) is 0 Å². The zero-order valence-corrected chi connectivity index (χ0v) is 8.12. The van der Waals surface area contributed by atoms with Crippen molar-refractivity contribution in [3.05, 3.63) is 59.9 Å². The molecule has 1 nitrogen and oxygen atoms in total. The summed E-state index contributed by atoms with van der Waals surface area (Å²) in [7, 11) is 0. The highest BCUT2D eigenvalue weighted by Gasteiger charge is 1.73. The first kappa shape index (κ1) is 9.59.